The highest BCUT2D eigenvalue weighted by molar-refractivity contribution is 5.80. The number of nitrogens with zero attached hydrogens (tertiary/aromatic N) is 3. The zero-order valence-corrected chi connectivity index (χ0v) is 15.0. The molecule has 1 saturated heterocycles. The number of aliphatic imine (C=N–C) groups is 1. The van der Waals surface area contributed by atoms with Crippen molar-refractivity contribution in [2.75, 3.05) is 19.6 Å². The molecule has 1 aliphatic rings. The average molecular weight is 350 g/mol. The number of halogens is 1. The number of hydrogen-bond acceptors (Lipinski definition) is 2. The molecule has 2 aromatic rings. The molecule has 1 aliphatic heterocycles. The quantitative estimate of drug-likeness (QED) is 0.676. The lowest BCUT2D eigenvalue weighted by atomic mass is 9.99. The number of benzene rings is 2. The lowest BCUT2D eigenvalue weighted by molar-refractivity contribution is 0.485. The fourth-order valence-electron chi connectivity index (χ4n) is 3.28. The Morgan fingerprint density at radius 2 is 2.12 bits per heavy atom. The average Bonchev–Trinajstić information content (AvgIpc) is 3.16. The number of likely N-dealkylation sites (tertiary alicyclic amines) is 1. The van der Waals surface area contributed by atoms with Crippen LogP contribution in [0.4, 0.5) is 4.39 Å². The summed E-state index contributed by atoms with van der Waals surface area (Å²) < 4.78 is 14.1. The van der Waals surface area contributed by atoms with E-state index in [-0.39, 0.29) is 12.4 Å². The lowest BCUT2D eigenvalue weighted by Crippen LogP contribution is -2.40. The third kappa shape index (κ3) is 4.20. The van der Waals surface area contributed by atoms with Crippen LogP contribution in [0.3, 0.4) is 0 Å². The van der Waals surface area contributed by atoms with Crippen LogP contribution < -0.4 is 5.32 Å². The Morgan fingerprint density at radius 1 is 1.31 bits per heavy atom. The van der Waals surface area contributed by atoms with E-state index in [1.165, 1.54) is 11.6 Å². The van der Waals surface area contributed by atoms with Crippen LogP contribution in [0.15, 0.2) is 53.5 Å². The molecule has 5 heteroatoms. The third-order valence-corrected chi connectivity index (χ3v) is 4.67. The number of nitrogens with one attached hydrogen (secondary N) is 1. The van der Waals surface area contributed by atoms with E-state index in [1.807, 2.05) is 19.1 Å². The van der Waals surface area contributed by atoms with Gasteiger partial charge in [0.25, 0.3) is 0 Å². The molecule has 0 radical (unpaired) electrons. The number of hydrogen-bond donors (Lipinski definition) is 1. The summed E-state index contributed by atoms with van der Waals surface area (Å²) in [7, 11) is 0. The van der Waals surface area contributed by atoms with E-state index in [0.717, 1.165) is 32.0 Å². The van der Waals surface area contributed by atoms with Gasteiger partial charge < -0.3 is 10.2 Å². The Morgan fingerprint density at radius 3 is 2.81 bits per heavy atom. The van der Waals surface area contributed by atoms with Crippen LogP contribution in [0, 0.1) is 17.1 Å². The van der Waals surface area contributed by atoms with E-state index in [2.05, 4.69) is 39.5 Å². The van der Waals surface area contributed by atoms with Gasteiger partial charge >= 0.3 is 0 Å². The van der Waals surface area contributed by atoms with Gasteiger partial charge in [-0.25, -0.2) is 9.38 Å². The highest BCUT2D eigenvalue weighted by Crippen LogP contribution is 2.27. The topological polar surface area (TPSA) is 51.4 Å². The van der Waals surface area contributed by atoms with E-state index in [0.29, 0.717) is 17.0 Å². The van der Waals surface area contributed by atoms with Crippen LogP contribution in [0.5, 0.6) is 0 Å². The molecule has 0 aliphatic carbocycles. The highest BCUT2D eigenvalue weighted by Gasteiger charge is 2.25. The summed E-state index contributed by atoms with van der Waals surface area (Å²) in [6, 6.07) is 17.0. The zero-order valence-electron chi connectivity index (χ0n) is 15.0. The van der Waals surface area contributed by atoms with Gasteiger partial charge in [0.1, 0.15) is 5.82 Å². The minimum absolute atomic E-state index is 0.256. The molecule has 4 nitrogen and oxygen atoms in total. The minimum Gasteiger partial charge on any atom is -0.357 e. The first-order chi connectivity index (χ1) is 12.7. The SMILES string of the molecule is CCNC(=NCc1ccc(C#N)cc1F)N1CCC(c2ccccc2)C1. The van der Waals surface area contributed by atoms with Gasteiger partial charge in [-0.2, -0.15) is 5.26 Å². The molecule has 134 valence electrons. The van der Waals surface area contributed by atoms with Crippen molar-refractivity contribution in [3.8, 4) is 6.07 Å². The fourth-order valence-corrected chi connectivity index (χ4v) is 3.28. The van der Waals surface area contributed by atoms with Crippen LogP contribution >= 0.6 is 0 Å². The van der Waals surface area contributed by atoms with Gasteiger partial charge in [0, 0.05) is 31.1 Å². The molecule has 0 bridgehead atoms. The van der Waals surface area contributed by atoms with E-state index in [4.69, 9.17) is 5.26 Å². The molecule has 1 heterocycles. The second-order valence-corrected chi connectivity index (χ2v) is 6.43. The molecule has 0 amide bonds. The van der Waals surface area contributed by atoms with Crippen molar-refractivity contribution >= 4 is 5.96 Å². The Balaban J connectivity index is 1.71. The molecule has 2 aromatic carbocycles. The maximum atomic E-state index is 14.1. The first-order valence-electron chi connectivity index (χ1n) is 8.98. The maximum Gasteiger partial charge on any atom is 0.194 e. The summed E-state index contributed by atoms with van der Waals surface area (Å²) >= 11 is 0. The molecule has 0 spiro atoms. The van der Waals surface area contributed by atoms with Gasteiger partial charge in [0.2, 0.25) is 0 Å². The standard InChI is InChI=1S/C21H23FN4/c1-2-24-21(25-14-18-9-8-16(13-23)12-20(18)22)26-11-10-19(15-26)17-6-4-3-5-7-17/h3-9,12,19H,2,10-11,14-15H2,1H3,(H,24,25). The molecule has 3 rings (SSSR count). The Labute approximate surface area is 154 Å². The minimum atomic E-state index is -0.382. The lowest BCUT2D eigenvalue weighted by Gasteiger charge is -2.22. The van der Waals surface area contributed by atoms with Crippen molar-refractivity contribution in [1.82, 2.24) is 10.2 Å². The van der Waals surface area contributed by atoms with Crippen LogP contribution in [-0.4, -0.2) is 30.5 Å². The fraction of sp³-hybridized carbons (Fsp3) is 0.333. The van der Waals surface area contributed by atoms with E-state index < -0.39 is 0 Å². The maximum absolute atomic E-state index is 14.1. The van der Waals surface area contributed by atoms with Gasteiger partial charge in [-0.1, -0.05) is 36.4 Å². The summed E-state index contributed by atoms with van der Waals surface area (Å²) in [4.78, 5) is 6.86. The third-order valence-electron chi connectivity index (χ3n) is 4.67. The van der Waals surface area contributed by atoms with Crippen molar-refractivity contribution in [3.05, 3.63) is 71.0 Å². The second kappa shape index (κ2) is 8.48. The zero-order chi connectivity index (χ0) is 18.4. The van der Waals surface area contributed by atoms with Gasteiger partial charge in [0.05, 0.1) is 18.2 Å². The van der Waals surface area contributed by atoms with Gasteiger partial charge in [0.15, 0.2) is 5.96 Å². The van der Waals surface area contributed by atoms with Crippen LogP contribution in [0.1, 0.15) is 36.0 Å². The molecule has 1 unspecified atom stereocenters. The van der Waals surface area contributed by atoms with Crippen molar-refractivity contribution in [2.24, 2.45) is 4.99 Å². The van der Waals surface area contributed by atoms with E-state index >= 15 is 0 Å². The molecule has 26 heavy (non-hydrogen) atoms. The smallest absolute Gasteiger partial charge is 0.194 e. The molecule has 0 saturated carbocycles. The predicted molar refractivity (Wildman–Crippen MR) is 101 cm³/mol. The monoisotopic (exact) mass is 350 g/mol. The first-order valence-corrected chi connectivity index (χ1v) is 8.98. The van der Waals surface area contributed by atoms with E-state index in [9.17, 15) is 4.39 Å². The van der Waals surface area contributed by atoms with Crippen molar-refractivity contribution in [2.45, 2.75) is 25.8 Å². The number of nitriles is 1. The van der Waals surface area contributed by atoms with Gasteiger partial charge in [-0.3, -0.25) is 0 Å². The Bertz CT molecular complexity index is 811. The predicted octanol–water partition coefficient (Wildman–Crippen LogP) is 3.65. The molecule has 1 N–H and O–H groups in total. The Kier molecular flexibility index (Phi) is 5.85. The number of guanidine groups is 1. The van der Waals surface area contributed by atoms with Crippen LogP contribution in [0.25, 0.3) is 0 Å². The van der Waals surface area contributed by atoms with Crippen LogP contribution in [0.2, 0.25) is 0 Å². The van der Waals surface area contributed by atoms with Crippen LogP contribution in [-0.2, 0) is 6.54 Å². The highest BCUT2D eigenvalue weighted by atomic mass is 19.1. The summed E-state index contributed by atoms with van der Waals surface area (Å²) in [6.07, 6.45) is 1.08. The normalized spacial score (nSPS) is 17.2. The van der Waals surface area contributed by atoms with Gasteiger partial charge in [-0.15, -0.1) is 0 Å². The summed E-state index contributed by atoms with van der Waals surface area (Å²) in [5, 5.41) is 12.2. The van der Waals surface area contributed by atoms with Crippen molar-refractivity contribution in [1.29, 1.82) is 5.26 Å². The second-order valence-electron chi connectivity index (χ2n) is 6.43. The molecular weight excluding hydrogens is 327 g/mol. The van der Waals surface area contributed by atoms with Crippen molar-refractivity contribution < 1.29 is 4.39 Å². The largest absolute Gasteiger partial charge is 0.357 e. The summed E-state index contributed by atoms with van der Waals surface area (Å²) in [5.41, 5.74) is 2.18. The van der Waals surface area contributed by atoms with Gasteiger partial charge in [-0.05, 0) is 31.0 Å². The summed E-state index contributed by atoms with van der Waals surface area (Å²) in [5.74, 6) is 0.925. The molecule has 1 fully saturated rings. The Hall–Kier alpha value is -2.87. The molecular formula is C21H23FN4. The van der Waals surface area contributed by atoms with Crippen molar-refractivity contribution in [3.63, 3.8) is 0 Å². The number of rotatable bonds is 4. The summed E-state index contributed by atoms with van der Waals surface area (Å²) in [6.45, 7) is 4.89. The van der Waals surface area contributed by atoms with E-state index in [1.54, 1.807) is 12.1 Å². The first kappa shape index (κ1) is 17.9. The molecule has 1 atom stereocenters. The molecule has 0 aromatic heterocycles.